The van der Waals surface area contributed by atoms with Crippen LogP contribution in [0.25, 0.3) is 0 Å². The third kappa shape index (κ3) is 2.70. The molecule has 1 aliphatic heterocycles. The minimum Gasteiger partial charge on any atom is -0.353 e. The summed E-state index contributed by atoms with van der Waals surface area (Å²) in [6.07, 6.45) is 0. The first-order valence-electron chi connectivity index (χ1n) is 6.92. The number of hydrogen-bond donors (Lipinski definition) is 2. The van der Waals surface area contributed by atoms with Gasteiger partial charge in [0.2, 0.25) is 0 Å². The van der Waals surface area contributed by atoms with Gasteiger partial charge in [0.15, 0.2) is 0 Å². The van der Waals surface area contributed by atoms with Crippen molar-refractivity contribution in [3.05, 3.63) is 50.5 Å². The molecule has 120 valence electrons. The molecule has 0 saturated carbocycles. The average Bonchev–Trinajstić information content (AvgIpc) is 2.91. The van der Waals surface area contributed by atoms with Gasteiger partial charge in [0.1, 0.15) is 11.6 Å². The lowest BCUT2D eigenvalue weighted by Crippen LogP contribution is -2.34. The van der Waals surface area contributed by atoms with E-state index in [4.69, 9.17) is 5.73 Å². The number of hydrogen-bond acceptors (Lipinski definition) is 3. The molecule has 0 atom stereocenters. The van der Waals surface area contributed by atoms with Crippen LogP contribution in [0.15, 0.2) is 33.5 Å². The number of nitrogens with two attached hydrogens (primary N) is 1. The van der Waals surface area contributed by atoms with Gasteiger partial charge in [0, 0.05) is 29.2 Å². The molecular formula is C15H14BrFN4O2. The standard InChI is InChI=1S/C15H14BrFN4O2/c1-8-12(19-11-3-2-9(16)6-10(11)17)7-13-20(14(8)22)4-5-21(13)15(18)23/h2-3,6-7,19H,4-5H2,1H3,(H2,18,23). The van der Waals surface area contributed by atoms with Crippen LogP contribution in [0.4, 0.5) is 26.4 Å². The molecule has 0 saturated heterocycles. The Morgan fingerprint density at radius 2 is 2.04 bits per heavy atom. The van der Waals surface area contributed by atoms with Crippen LogP contribution in [0.3, 0.4) is 0 Å². The highest BCUT2D eigenvalue weighted by Gasteiger charge is 2.26. The molecule has 0 radical (unpaired) electrons. The fourth-order valence-electron chi connectivity index (χ4n) is 2.58. The molecule has 0 spiro atoms. The van der Waals surface area contributed by atoms with Crippen molar-refractivity contribution in [2.75, 3.05) is 16.8 Å². The number of primary amides is 1. The second kappa shape index (κ2) is 5.69. The van der Waals surface area contributed by atoms with Crippen molar-refractivity contribution in [1.82, 2.24) is 4.57 Å². The summed E-state index contributed by atoms with van der Waals surface area (Å²) in [6.45, 7) is 2.40. The number of urea groups is 1. The van der Waals surface area contributed by atoms with E-state index in [0.717, 1.165) is 0 Å². The number of aromatic nitrogens is 1. The highest BCUT2D eigenvalue weighted by Crippen LogP contribution is 2.28. The van der Waals surface area contributed by atoms with Crippen LogP contribution in [0.2, 0.25) is 0 Å². The maximum atomic E-state index is 14.0. The van der Waals surface area contributed by atoms with Crippen LogP contribution in [0.5, 0.6) is 0 Å². The van der Waals surface area contributed by atoms with Gasteiger partial charge in [0.25, 0.3) is 5.56 Å². The predicted octanol–water partition coefficient (Wildman–Crippen LogP) is 2.70. The third-order valence-corrected chi connectivity index (χ3v) is 4.30. The maximum Gasteiger partial charge on any atom is 0.320 e. The first kappa shape index (κ1) is 15.5. The lowest BCUT2D eigenvalue weighted by Gasteiger charge is -2.17. The molecule has 0 bridgehead atoms. The number of pyridine rings is 1. The summed E-state index contributed by atoms with van der Waals surface area (Å²) in [5, 5.41) is 2.91. The molecule has 1 aliphatic rings. The molecule has 3 N–H and O–H groups in total. The van der Waals surface area contributed by atoms with Gasteiger partial charge >= 0.3 is 6.03 Å². The van der Waals surface area contributed by atoms with E-state index in [2.05, 4.69) is 21.2 Å². The van der Waals surface area contributed by atoms with Crippen LogP contribution in [0.1, 0.15) is 5.56 Å². The molecule has 2 amide bonds. The number of carbonyl (C=O) groups excluding carboxylic acids is 1. The van der Waals surface area contributed by atoms with Crippen LogP contribution in [0, 0.1) is 12.7 Å². The Labute approximate surface area is 139 Å². The van der Waals surface area contributed by atoms with E-state index in [1.54, 1.807) is 25.1 Å². The molecule has 0 unspecified atom stereocenters. The largest absolute Gasteiger partial charge is 0.353 e. The molecule has 1 aromatic heterocycles. The highest BCUT2D eigenvalue weighted by molar-refractivity contribution is 9.10. The van der Waals surface area contributed by atoms with Gasteiger partial charge in [-0.2, -0.15) is 0 Å². The molecule has 23 heavy (non-hydrogen) atoms. The minimum atomic E-state index is -0.625. The SMILES string of the molecule is Cc1c(Nc2ccc(Br)cc2F)cc2n(c1=O)CCN2C(N)=O. The van der Waals surface area contributed by atoms with Crippen LogP contribution >= 0.6 is 15.9 Å². The van der Waals surface area contributed by atoms with Crippen LogP contribution in [-0.2, 0) is 6.54 Å². The van der Waals surface area contributed by atoms with Gasteiger partial charge in [-0.25, -0.2) is 9.18 Å². The quantitative estimate of drug-likeness (QED) is 0.840. The Morgan fingerprint density at radius 3 is 2.70 bits per heavy atom. The summed E-state index contributed by atoms with van der Waals surface area (Å²) in [6, 6.07) is 5.59. The van der Waals surface area contributed by atoms with Gasteiger partial charge in [-0.05, 0) is 25.1 Å². The zero-order chi connectivity index (χ0) is 16.7. The van der Waals surface area contributed by atoms with Crippen molar-refractivity contribution >= 4 is 39.2 Å². The molecule has 8 heteroatoms. The maximum absolute atomic E-state index is 14.0. The summed E-state index contributed by atoms with van der Waals surface area (Å²) in [5.41, 5.74) is 6.23. The van der Waals surface area contributed by atoms with E-state index >= 15 is 0 Å². The number of benzene rings is 1. The fourth-order valence-corrected chi connectivity index (χ4v) is 2.91. The van der Waals surface area contributed by atoms with Gasteiger partial charge < -0.3 is 11.1 Å². The van der Waals surface area contributed by atoms with Gasteiger partial charge in [-0.3, -0.25) is 14.3 Å². The van der Waals surface area contributed by atoms with Gasteiger partial charge in [-0.1, -0.05) is 15.9 Å². The number of halogens is 2. The first-order valence-corrected chi connectivity index (χ1v) is 7.71. The molecule has 0 fully saturated rings. The Morgan fingerprint density at radius 1 is 1.30 bits per heavy atom. The van der Waals surface area contributed by atoms with E-state index in [1.807, 2.05) is 0 Å². The van der Waals surface area contributed by atoms with E-state index < -0.39 is 11.8 Å². The number of rotatable bonds is 2. The first-order chi connectivity index (χ1) is 10.9. The fraction of sp³-hybridized carbons (Fsp3) is 0.200. The van der Waals surface area contributed by atoms with E-state index in [9.17, 15) is 14.0 Å². The summed E-state index contributed by atoms with van der Waals surface area (Å²) in [7, 11) is 0. The highest BCUT2D eigenvalue weighted by atomic mass is 79.9. The summed E-state index contributed by atoms with van der Waals surface area (Å²) in [4.78, 5) is 25.2. The lowest BCUT2D eigenvalue weighted by molar-refractivity contribution is 0.254. The Bertz CT molecular complexity index is 865. The summed E-state index contributed by atoms with van der Waals surface area (Å²) in [5.74, 6) is -0.0424. The van der Waals surface area contributed by atoms with Gasteiger partial charge in [0.05, 0.1) is 11.4 Å². The van der Waals surface area contributed by atoms with Crippen molar-refractivity contribution in [3.63, 3.8) is 0 Å². The molecule has 1 aromatic carbocycles. The van der Waals surface area contributed by atoms with Crippen LogP contribution in [-0.4, -0.2) is 17.1 Å². The zero-order valence-electron chi connectivity index (χ0n) is 12.3. The van der Waals surface area contributed by atoms with E-state index in [1.165, 1.54) is 15.5 Å². The number of carbonyl (C=O) groups is 1. The van der Waals surface area contributed by atoms with Crippen LogP contribution < -0.4 is 21.5 Å². The Balaban J connectivity index is 2.07. The normalized spacial score (nSPS) is 13.1. The second-order valence-corrected chi connectivity index (χ2v) is 6.15. The molecular weight excluding hydrogens is 367 g/mol. The number of anilines is 3. The number of nitrogens with zero attached hydrogens (tertiary/aromatic N) is 2. The van der Waals surface area contributed by atoms with Crippen molar-refractivity contribution in [2.24, 2.45) is 5.73 Å². The second-order valence-electron chi connectivity index (χ2n) is 5.24. The Kier molecular flexibility index (Phi) is 3.85. The summed E-state index contributed by atoms with van der Waals surface area (Å²) < 4.78 is 16.1. The van der Waals surface area contributed by atoms with Crippen molar-refractivity contribution in [2.45, 2.75) is 13.5 Å². The molecule has 2 heterocycles. The number of amides is 2. The summed E-state index contributed by atoms with van der Waals surface area (Å²) >= 11 is 3.19. The van der Waals surface area contributed by atoms with E-state index in [-0.39, 0.29) is 11.2 Å². The van der Waals surface area contributed by atoms with Crippen molar-refractivity contribution in [3.8, 4) is 0 Å². The monoisotopic (exact) mass is 380 g/mol. The molecule has 6 nitrogen and oxygen atoms in total. The topological polar surface area (TPSA) is 80.4 Å². The van der Waals surface area contributed by atoms with Gasteiger partial charge in [-0.15, -0.1) is 0 Å². The number of nitrogens with one attached hydrogen (secondary N) is 1. The molecule has 3 rings (SSSR count). The predicted molar refractivity (Wildman–Crippen MR) is 89.8 cm³/mol. The zero-order valence-corrected chi connectivity index (χ0v) is 13.9. The number of fused-ring (bicyclic) bond motifs is 1. The lowest BCUT2D eigenvalue weighted by atomic mass is 10.2. The molecule has 2 aromatic rings. The Hall–Kier alpha value is -2.35. The van der Waals surface area contributed by atoms with E-state index in [0.29, 0.717) is 34.6 Å². The smallest absolute Gasteiger partial charge is 0.320 e. The third-order valence-electron chi connectivity index (χ3n) is 3.81. The average molecular weight is 381 g/mol. The minimum absolute atomic E-state index is 0.230. The van der Waals surface area contributed by atoms with Crippen molar-refractivity contribution in [1.29, 1.82) is 0 Å². The van der Waals surface area contributed by atoms with Crippen molar-refractivity contribution < 1.29 is 9.18 Å². The molecule has 0 aliphatic carbocycles.